The number of aliphatic carboxylic acids is 1. The van der Waals surface area contributed by atoms with E-state index in [9.17, 15) is 24.3 Å². The summed E-state index contributed by atoms with van der Waals surface area (Å²) >= 11 is 1.57. The maximum Gasteiger partial charge on any atom is 0.326 e. The van der Waals surface area contributed by atoms with Crippen LogP contribution in [0.5, 0.6) is 0 Å². The largest absolute Gasteiger partial charge is 0.480 e. The van der Waals surface area contributed by atoms with Gasteiger partial charge in [-0.1, -0.05) is 0 Å². The van der Waals surface area contributed by atoms with Gasteiger partial charge in [0.15, 0.2) is 0 Å². The van der Waals surface area contributed by atoms with Crippen LogP contribution in [0.25, 0.3) is 0 Å². The van der Waals surface area contributed by atoms with Gasteiger partial charge in [-0.25, -0.2) is 4.79 Å². The fraction of sp³-hybridized carbons (Fsp3) is 0.765. The van der Waals surface area contributed by atoms with E-state index in [1.807, 2.05) is 6.26 Å². The highest BCUT2D eigenvalue weighted by molar-refractivity contribution is 7.98. The first-order chi connectivity index (χ1) is 13.1. The van der Waals surface area contributed by atoms with Crippen molar-refractivity contribution in [2.45, 2.75) is 63.7 Å². The van der Waals surface area contributed by atoms with E-state index >= 15 is 0 Å². The van der Waals surface area contributed by atoms with Crippen LogP contribution in [-0.2, 0) is 19.2 Å². The van der Waals surface area contributed by atoms with Crippen molar-refractivity contribution in [2.75, 3.05) is 18.6 Å². The molecular formula is C17H33N5O5S. The van der Waals surface area contributed by atoms with Crippen molar-refractivity contribution in [3.05, 3.63) is 0 Å². The summed E-state index contributed by atoms with van der Waals surface area (Å²) in [7, 11) is 0. The predicted molar refractivity (Wildman–Crippen MR) is 109 cm³/mol. The minimum absolute atomic E-state index is 0.249. The zero-order chi connectivity index (χ0) is 21.7. The van der Waals surface area contributed by atoms with Crippen molar-refractivity contribution in [1.29, 1.82) is 0 Å². The summed E-state index contributed by atoms with van der Waals surface area (Å²) in [4.78, 5) is 47.6. The van der Waals surface area contributed by atoms with Crippen molar-refractivity contribution in [3.63, 3.8) is 0 Å². The van der Waals surface area contributed by atoms with Gasteiger partial charge in [-0.05, 0) is 58.1 Å². The molecule has 0 saturated carbocycles. The van der Waals surface area contributed by atoms with Gasteiger partial charge in [-0.15, -0.1) is 0 Å². The molecule has 0 bridgehead atoms. The lowest BCUT2D eigenvalue weighted by Crippen LogP contribution is -2.55. The third kappa shape index (κ3) is 10.5. The summed E-state index contributed by atoms with van der Waals surface area (Å²) in [5.41, 5.74) is 11.1. The molecule has 0 aromatic rings. The number of thioether (sulfide) groups is 1. The second-order valence-corrected chi connectivity index (χ2v) is 7.52. The Labute approximate surface area is 169 Å². The second-order valence-electron chi connectivity index (χ2n) is 6.53. The molecular weight excluding hydrogens is 386 g/mol. The Morgan fingerprint density at radius 3 is 1.96 bits per heavy atom. The molecule has 0 aromatic heterocycles. The number of nitrogens with two attached hydrogens (primary N) is 2. The Balaban J connectivity index is 4.54. The van der Waals surface area contributed by atoms with Crippen LogP contribution in [0.1, 0.15) is 39.5 Å². The standard InChI is InChI=1S/C17H33N5O5S/c1-10(21-16(25)12(19)7-9-28-3)14(23)20-11(2)15(24)22-13(17(26)27)6-4-5-8-18/h10-13H,4-9,18-19H2,1-3H3,(H,20,23)(H,21,25)(H,22,24)(H,26,27). The number of carboxylic acids is 1. The number of rotatable bonds is 14. The lowest BCUT2D eigenvalue weighted by molar-refractivity contribution is -0.142. The molecule has 0 spiro atoms. The van der Waals surface area contributed by atoms with Crippen molar-refractivity contribution in [3.8, 4) is 0 Å². The molecule has 3 amide bonds. The minimum atomic E-state index is -1.15. The van der Waals surface area contributed by atoms with E-state index in [0.29, 0.717) is 25.8 Å². The molecule has 0 rings (SSSR count). The number of nitrogens with one attached hydrogen (secondary N) is 3. The van der Waals surface area contributed by atoms with E-state index in [2.05, 4.69) is 16.0 Å². The molecule has 0 aliphatic heterocycles. The smallest absolute Gasteiger partial charge is 0.326 e. The van der Waals surface area contributed by atoms with Gasteiger partial charge < -0.3 is 32.5 Å². The Morgan fingerprint density at radius 2 is 1.46 bits per heavy atom. The molecule has 0 heterocycles. The number of amides is 3. The summed E-state index contributed by atoms with van der Waals surface area (Å²) in [6.45, 7) is 3.36. The van der Waals surface area contributed by atoms with Crippen LogP contribution < -0.4 is 27.4 Å². The van der Waals surface area contributed by atoms with Crippen LogP contribution in [-0.4, -0.2) is 71.5 Å². The van der Waals surface area contributed by atoms with Gasteiger partial charge in [-0.3, -0.25) is 14.4 Å². The molecule has 11 heteroatoms. The summed E-state index contributed by atoms with van der Waals surface area (Å²) < 4.78 is 0. The van der Waals surface area contributed by atoms with Crippen molar-refractivity contribution >= 4 is 35.5 Å². The number of carbonyl (C=O) groups excluding carboxylic acids is 3. The number of hydrogen-bond acceptors (Lipinski definition) is 7. The van der Waals surface area contributed by atoms with E-state index in [1.165, 1.54) is 13.8 Å². The summed E-state index contributed by atoms with van der Waals surface area (Å²) in [5.74, 6) is -2.06. The van der Waals surface area contributed by atoms with Crippen LogP contribution in [0.15, 0.2) is 0 Å². The first kappa shape index (κ1) is 26.1. The van der Waals surface area contributed by atoms with Crippen LogP contribution >= 0.6 is 11.8 Å². The molecule has 4 atom stereocenters. The molecule has 8 N–H and O–H groups in total. The molecule has 0 aromatic carbocycles. The quantitative estimate of drug-likeness (QED) is 0.190. The lowest BCUT2D eigenvalue weighted by atomic mass is 10.1. The highest BCUT2D eigenvalue weighted by Crippen LogP contribution is 2.02. The van der Waals surface area contributed by atoms with Crippen LogP contribution in [0.4, 0.5) is 0 Å². The monoisotopic (exact) mass is 419 g/mol. The molecule has 28 heavy (non-hydrogen) atoms. The molecule has 4 unspecified atom stereocenters. The van der Waals surface area contributed by atoms with Crippen LogP contribution in [0.3, 0.4) is 0 Å². The van der Waals surface area contributed by atoms with E-state index in [4.69, 9.17) is 11.5 Å². The Kier molecular flexibility index (Phi) is 13.3. The number of hydrogen-bond donors (Lipinski definition) is 6. The van der Waals surface area contributed by atoms with Gasteiger partial charge in [0, 0.05) is 0 Å². The Hall–Kier alpha value is -1.85. The molecule has 0 saturated heterocycles. The topological polar surface area (TPSA) is 177 Å². The van der Waals surface area contributed by atoms with Crippen LogP contribution in [0, 0.1) is 0 Å². The normalized spacial score (nSPS) is 15.0. The van der Waals surface area contributed by atoms with Crippen molar-refractivity contribution < 1.29 is 24.3 Å². The Bertz CT molecular complexity index is 534. The fourth-order valence-electron chi connectivity index (χ4n) is 2.21. The molecule has 0 aliphatic rings. The molecule has 0 aliphatic carbocycles. The first-order valence-corrected chi connectivity index (χ1v) is 10.6. The minimum Gasteiger partial charge on any atom is -0.480 e. The van der Waals surface area contributed by atoms with Gasteiger partial charge in [0.25, 0.3) is 0 Å². The second kappa shape index (κ2) is 14.2. The van der Waals surface area contributed by atoms with Crippen molar-refractivity contribution in [1.82, 2.24) is 16.0 Å². The molecule has 0 radical (unpaired) electrons. The number of carboxylic acid groups (broad SMARTS) is 1. The summed E-state index contributed by atoms with van der Waals surface area (Å²) in [6.07, 6.45) is 3.86. The zero-order valence-electron chi connectivity index (χ0n) is 16.7. The lowest BCUT2D eigenvalue weighted by Gasteiger charge is -2.21. The van der Waals surface area contributed by atoms with Gasteiger partial charge in [0.1, 0.15) is 18.1 Å². The third-order valence-electron chi connectivity index (χ3n) is 4.04. The van der Waals surface area contributed by atoms with E-state index in [1.54, 1.807) is 11.8 Å². The predicted octanol–water partition coefficient (Wildman–Crippen LogP) is -1.23. The van der Waals surface area contributed by atoms with Gasteiger partial charge in [-0.2, -0.15) is 11.8 Å². The average molecular weight is 420 g/mol. The molecule has 162 valence electrons. The zero-order valence-corrected chi connectivity index (χ0v) is 17.5. The fourth-order valence-corrected chi connectivity index (χ4v) is 2.70. The molecule has 10 nitrogen and oxygen atoms in total. The average Bonchev–Trinajstić information content (AvgIpc) is 2.64. The van der Waals surface area contributed by atoms with Gasteiger partial charge >= 0.3 is 5.97 Å². The number of unbranched alkanes of at least 4 members (excludes halogenated alkanes) is 1. The maximum absolute atomic E-state index is 12.2. The van der Waals surface area contributed by atoms with E-state index in [0.717, 1.165) is 5.75 Å². The summed E-state index contributed by atoms with van der Waals surface area (Å²) in [6, 6.07) is -3.62. The summed E-state index contributed by atoms with van der Waals surface area (Å²) in [5, 5.41) is 16.5. The van der Waals surface area contributed by atoms with E-state index in [-0.39, 0.29) is 6.42 Å². The third-order valence-corrected chi connectivity index (χ3v) is 4.68. The maximum atomic E-state index is 12.2. The van der Waals surface area contributed by atoms with Crippen molar-refractivity contribution in [2.24, 2.45) is 11.5 Å². The van der Waals surface area contributed by atoms with Crippen LogP contribution in [0.2, 0.25) is 0 Å². The van der Waals surface area contributed by atoms with Gasteiger partial charge in [0.05, 0.1) is 6.04 Å². The molecule has 0 fully saturated rings. The Morgan fingerprint density at radius 1 is 0.929 bits per heavy atom. The van der Waals surface area contributed by atoms with E-state index < -0.39 is 47.9 Å². The highest BCUT2D eigenvalue weighted by Gasteiger charge is 2.26. The van der Waals surface area contributed by atoms with Gasteiger partial charge in [0.2, 0.25) is 17.7 Å². The highest BCUT2D eigenvalue weighted by atomic mass is 32.2. The first-order valence-electron chi connectivity index (χ1n) is 9.22. The number of carbonyl (C=O) groups is 4. The SMILES string of the molecule is CSCCC(N)C(=O)NC(C)C(=O)NC(C)C(=O)NC(CCCCN)C(=O)O.